The van der Waals surface area contributed by atoms with E-state index in [4.69, 9.17) is 0 Å². The second-order valence-electron chi connectivity index (χ2n) is 4.32. The van der Waals surface area contributed by atoms with Gasteiger partial charge >= 0.3 is 0 Å². The van der Waals surface area contributed by atoms with E-state index in [0.717, 1.165) is 30.3 Å². The molecule has 0 aliphatic heterocycles. The number of hydrogen-bond acceptors (Lipinski definition) is 4. The van der Waals surface area contributed by atoms with E-state index < -0.39 is 20.8 Å². The molecule has 21 heavy (non-hydrogen) atoms. The quantitative estimate of drug-likeness (QED) is 0.694. The van der Waals surface area contributed by atoms with Gasteiger partial charge < -0.3 is 0 Å². The Kier molecular flexibility index (Phi) is 3.90. The largest absolute Gasteiger partial charge is 0.280 e. The van der Waals surface area contributed by atoms with Crippen LogP contribution in [0.5, 0.6) is 0 Å². The van der Waals surface area contributed by atoms with Crippen molar-refractivity contribution in [1.29, 1.82) is 0 Å². The van der Waals surface area contributed by atoms with Crippen LogP contribution in [0.3, 0.4) is 0 Å². The van der Waals surface area contributed by atoms with Crippen molar-refractivity contribution in [2.75, 3.05) is 4.72 Å². The van der Waals surface area contributed by atoms with Crippen molar-refractivity contribution in [2.24, 2.45) is 0 Å². The van der Waals surface area contributed by atoms with Crippen molar-refractivity contribution in [3.8, 4) is 0 Å². The number of hydrogen-bond donors (Lipinski definition) is 1. The lowest BCUT2D eigenvalue weighted by molar-refractivity contribution is -0.384. The van der Waals surface area contributed by atoms with Crippen LogP contribution in [0.15, 0.2) is 47.4 Å². The van der Waals surface area contributed by atoms with Gasteiger partial charge in [0.25, 0.3) is 15.7 Å². The van der Waals surface area contributed by atoms with Crippen molar-refractivity contribution in [3.63, 3.8) is 0 Å². The third-order valence-corrected chi connectivity index (χ3v) is 4.18. The van der Waals surface area contributed by atoms with Crippen LogP contribution in [-0.4, -0.2) is 13.3 Å². The Morgan fingerprint density at radius 1 is 1.14 bits per heavy atom. The Morgan fingerprint density at radius 2 is 1.76 bits per heavy atom. The molecule has 0 heterocycles. The van der Waals surface area contributed by atoms with E-state index in [1.807, 2.05) is 0 Å². The summed E-state index contributed by atoms with van der Waals surface area (Å²) >= 11 is 0. The average molecular weight is 310 g/mol. The third kappa shape index (κ3) is 3.34. The summed E-state index contributed by atoms with van der Waals surface area (Å²) in [7, 11) is -3.92. The van der Waals surface area contributed by atoms with Crippen LogP contribution in [0.2, 0.25) is 0 Å². The van der Waals surface area contributed by atoms with Gasteiger partial charge in [-0.2, -0.15) is 0 Å². The molecule has 0 atom stereocenters. The van der Waals surface area contributed by atoms with Crippen LogP contribution in [-0.2, 0) is 10.0 Å². The summed E-state index contributed by atoms with van der Waals surface area (Å²) in [4.78, 5) is 9.75. The van der Waals surface area contributed by atoms with E-state index in [1.165, 1.54) is 12.1 Å². The van der Waals surface area contributed by atoms with Gasteiger partial charge in [-0.15, -0.1) is 0 Å². The van der Waals surface area contributed by atoms with Gasteiger partial charge in [0.05, 0.1) is 15.5 Å². The SMILES string of the molecule is Cc1ccc(NS(=O)(=O)c2ccc([N+](=O)[O-])cc2)cc1F. The zero-order valence-electron chi connectivity index (χ0n) is 10.9. The number of aryl methyl sites for hydroxylation is 1. The van der Waals surface area contributed by atoms with Crippen LogP contribution in [0.1, 0.15) is 5.56 Å². The highest BCUT2D eigenvalue weighted by Crippen LogP contribution is 2.20. The van der Waals surface area contributed by atoms with Crippen LogP contribution in [0.25, 0.3) is 0 Å². The molecule has 0 radical (unpaired) electrons. The van der Waals surface area contributed by atoms with Crippen LogP contribution >= 0.6 is 0 Å². The topological polar surface area (TPSA) is 89.3 Å². The van der Waals surface area contributed by atoms with Crippen molar-refractivity contribution in [1.82, 2.24) is 0 Å². The van der Waals surface area contributed by atoms with E-state index in [1.54, 1.807) is 6.92 Å². The molecule has 0 saturated carbocycles. The van der Waals surface area contributed by atoms with Gasteiger partial charge in [-0.05, 0) is 36.8 Å². The fraction of sp³-hybridized carbons (Fsp3) is 0.0769. The number of sulfonamides is 1. The predicted molar refractivity (Wildman–Crippen MR) is 75.0 cm³/mol. The number of anilines is 1. The Hall–Kier alpha value is -2.48. The summed E-state index contributed by atoms with van der Waals surface area (Å²) < 4.78 is 39.8. The molecule has 8 heteroatoms. The summed E-state index contributed by atoms with van der Waals surface area (Å²) in [6.07, 6.45) is 0. The monoisotopic (exact) mass is 310 g/mol. The predicted octanol–water partition coefficient (Wildman–Crippen LogP) is 2.84. The number of nitro benzene ring substituents is 1. The molecule has 0 aliphatic rings. The van der Waals surface area contributed by atoms with Gasteiger partial charge in [0.2, 0.25) is 0 Å². The average Bonchev–Trinajstić information content (AvgIpc) is 2.43. The van der Waals surface area contributed by atoms with Gasteiger partial charge in [0.1, 0.15) is 5.82 Å². The summed E-state index contributed by atoms with van der Waals surface area (Å²) in [6.45, 7) is 1.56. The normalized spacial score (nSPS) is 11.1. The first-order valence-corrected chi connectivity index (χ1v) is 7.31. The van der Waals surface area contributed by atoms with Crippen molar-refractivity contribution in [2.45, 2.75) is 11.8 Å². The summed E-state index contributed by atoms with van der Waals surface area (Å²) in [5.41, 5.74) is 0.264. The molecule has 0 aromatic heterocycles. The molecule has 2 rings (SSSR count). The maximum Gasteiger partial charge on any atom is 0.269 e. The second-order valence-corrected chi connectivity index (χ2v) is 6.00. The zero-order valence-corrected chi connectivity index (χ0v) is 11.7. The zero-order chi connectivity index (χ0) is 15.6. The van der Waals surface area contributed by atoms with Gasteiger partial charge in [-0.1, -0.05) is 6.07 Å². The van der Waals surface area contributed by atoms with Gasteiger partial charge in [-0.3, -0.25) is 14.8 Å². The van der Waals surface area contributed by atoms with Crippen molar-refractivity contribution >= 4 is 21.4 Å². The molecule has 1 N–H and O–H groups in total. The second kappa shape index (κ2) is 5.49. The number of halogens is 1. The molecule has 0 saturated heterocycles. The smallest absolute Gasteiger partial charge is 0.269 e. The van der Waals surface area contributed by atoms with Crippen LogP contribution in [0, 0.1) is 22.9 Å². The minimum atomic E-state index is -3.92. The fourth-order valence-corrected chi connectivity index (χ4v) is 2.67. The number of rotatable bonds is 4. The molecular formula is C13H11FN2O4S. The molecular weight excluding hydrogens is 299 g/mol. The first kappa shape index (κ1) is 14.9. The van der Waals surface area contributed by atoms with E-state index in [2.05, 4.69) is 4.72 Å². The number of nitrogens with zero attached hydrogens (tertiary/aromatic N) is 1. The highest BCUT2D eigenvalue weighted by molar-refractivity contribution is 7.92. The summed E-state index contributed by atoms with van der Waals surface area (Å²) in [5, 5.41) is 10.5. The molecule has 2 aromatic rings. The van der Waals surface area contributed by atoms with Gasteiger partial charge in [-0.25, -0.2) is 12.8 Å². The molecule has 0 amide bonds. The molecule has 6 nitrogen and oxygen atoms in total. The Balaban J connectivity index is 2.29. The molecule has 0 bridgehead atoms. The van der Waals surface area contributed by atoms with Crippen LogP contribution in [0.4, 0.5) is 15.8 Å². The lowest BCUT2D eigenvalue weighted by Gasteiger charge is -2.08. The fourth-order valence-electron chi connectivity index (χ4n) is 1.62. The summed E-state index contributed by atoms with van der Waals surface area (Å²) in [6, 6.07) is 8.35. The number of benzene rings is 2. The van der Waals surface area contributed by atoms with E-state index in [-0.39, 0.29) is 16.3 Å². The van der Waals surface area contributed by atoms with Gasteiger partial charge in [0.15, 0.2) is 0 Å². The van der Waals surface area contributed by atoms with E-state index >= 15 is 0 Å². The van der Waals surface area contributed by atoms with Crippen LogP contribution < -0.4 is 4.72 Å². The molecule has 110 valence electrons. The van der Waals surface area contributed by atoms with Crippen molar-refractivity contribution < 1.29 is 17.7 Å². The lowest BCUT2D eigenvalue weighted by atomic mass is 10.2. The van der Waals surface area contributed by atoms with E-state index in [0.29, 0.717) is 5.56 Å². The third-order valence-electron chi connectivity index (χ3n) is 2.78. The molecule has 0 aliphatic carbocycles. The highest BCUT2D eigenvalue weighted by Gasteiger charge is 2.16. The lowest BCUT2D eigenvalue weighted by Crippen LogP contribution is -2.13. The number of non-ortho nitro benzene ring substituents is 1. The minimum Gasteiger partial charge on any atom is -0.280 e. The molecule has 0 fully saturated rings. The van der Waals surface area contributed by atoms with E-state index in [9.17, 15) is 22.9 Å². The minimum absolute atomic E-state index is 0.0800. The Morgan fingerprint density at radius 3 is 2.29 bits per heavy atom. The Labute approximate surface area is 120 Å². The first-order valence-electron chi connectivity index (χ1n) is 5.83. The summed E-state index contributed by atoms with van der Waals surface area (Å²) in [5.74, 6) is -0.529. The first-order chi connectivity index (χ1) is 9.79. The molecule has 2 aromatic carbocycles. The molecule has 0 spiro atoms. The number of nitrogens with one attached hydrogen (secondary N) is 1. The molecule has 0 unspecified atom stereocenters. The van der Waals surface area contributed by atoms with Crippen molar-refractivity contribution in [3.05, 3.63) is 64.0 Å². The van der Waals surface area contributed by atoms with Gasteiger partial charge in [0, 0.05) is 12.1 Å². The highest BCUT2D eigenvalue weighted by atomic mass is 32.2. The number of nitro groups is 1. The standard InChI is InChI=1S/C13H11FN2O4S/c1-9-2-3-10(8-13(9)14)15-21(19,20)12-6-4-11(5-7-12)16(17)18/h2-8,15H,1H3. The maximum absolute atomic E-state index is 13.4. The maximum atomic E-state index is 13.4. The Bertz CT molecular complexity index is 788.